The number of fused-ring (bicyclic) bond motifs is 1. The normalized spacial score (nSPS) is 14.2. The standard InChI is InChI=1S/C16H11ClFN3O3/c17-9-4-3-8(5-10(9)18)11-6-21-14(15(22)19-11)12(7-1-2-7)13(20-21)16(23)24/h3-7H,1-2H2,(H,19,22)(H,23,24). The molecular weight excluding hydrogens is 337 g/mol. The summed E-state index contributed by atoms with van der Waals surface area (Å²) in [6.07, 6.45) is 3.16. The lowest BCUT2D eigenvalue weighted by molar-refractivity contribution is 0.0689. The number of nitrogens with one attached hydrogen (secondary N) is 1. The molecule has 0 spiro atoms. The summed E-state index contributed by atoms with van der Waals surface area (Å²) in [7, 11) is 0. The highest BCUT2D eigenvalue weighted by molar-refractivity contribution is 6.30. The first-order valence-electron chi connectivity index (χ1n) is 7.30. The fourth-order valence-electron chi connectivity index (χ4n) is 2.83. The second-order valence-electron chi connectivity index (χ2n) is 5.76. The van der Waals surface area contributed by atoms with Gasteiger partial charge in [-0.15, -0.1) is 0 Å². The molecule has 4 rings (SSSR count). The molecule has 0 atom stereocenters. The molecule has 1 aliphatic carbocycles. The lowest BCUT2D eigenvalue weighted by atomic mass is 10.1. The van der Waals surface area contributed by atoms with E-state index in [4.69, 9.17) is 11.6 Å². The van der Waals surface area contributed by atoms with E-state index in [-0.39, 0.29) is 22.2 Å². The van der Waals surface area contributed by atoms with Crippen LogP contribution in [0.25, 0.3) is 16.8 Å². The molecule has 3 aromatic rings. The molecular formula is C16H11ClFN3O3. The number of benzene rings is 1. The third kappa shape index (κ3) is 2.28. The van der Waals surface area contributed by atoms with Crippen LogP contribution in [0.3, 0.4) is 0 Å². The van der Waals surface area contributed by atoms with Crippen LogP contribution in [-0.2, 0) is 0 Å². The number of hydrogen-bond donors (Lipinski definition) is 2. The molecule has 2 N–H and O–H groups in total. The first kappa shape index (κ1) is 14.9. The largest absolute Gasteiger partial charge is 0.476 e. The molecule has 8 heteroatoms. The molecule has 2 heterocycles. The lowest BCUT2D eigenvalue weighted by Gasteiger charge is -2.04. The molecule has 24 heavy (non-hydrogen) atoms. The van der Waals surface area contributed by atoms with Crippen LogP contribution in [-0.4, -0.2) is 25.7 Å². The Bertz CT molecular complexity index is 1050. The van der Waals surface area contributed by atoms with Crippen molar-refractivity contribution in [1.29, 1.82) is 0 Å². The second kappa shape index (κ2) is 5.17. The van der Waals surface area contributed by atoms with Gasteiger partial charge in [-0.25, -0.2) is 13.7 Å². The minimum absolute atomic E-state index is 0.0227. The van der Waals surface area contributed by atoms with Gasteiger partial charge < -0.3 is 10.1 Å². The molecule has 0 aliphatic heterocycles. The Kier molecular flexibility index (Phi) is 3.21. The van der Waals surface area contributed by atoms with Gasteiger partial charge >= 0.3 is 5.97 Å². The number of carboxylic acids is 1. The topological polar surface area (TPSA) is 87.5 Å². The van der Waals surface area contributed by atoms with Crippen LogP contribution >= 0.6 is 11.6 Å². The number of rotatable bonds is 3. The van der Waals surface area contributed by atoms with E-state index in [1.807, 2.05) is 0 Å². The summed E-state index contributed by atoms with van der Waals surface area (Å²) in [6, 6.07) is 4.14. The Balaban J connectivity index is 1.96. The second-order valence-corrected chi connectivity index (χ2v) is 6.17. The summed E-state index contributed by atoms with van der Waals surface area (Å²) in [5, 5.41) is 13.4. The average Bonchev–Trinajstić information content (AvgIpc) is 3.29. The number of carboxylic acid groups (broad SMARTS) is 1. The summed E-state index contributed by atoms with van der Waals surface area (Å²) in [5.74, 6) is -1.73. The first-order chi connectivity index (χ1) is 11.5. The minimum atomic E-state index is -1.17. The third-order valence-corrected chi connectivity index (χ3v) is 4.39. The molecule has 1 aliphatic rings. The van der Waals surface area contributed by atoms with E-state index in [1.54, 1.807) is 6.07 Å². The van der Waals surface area contributed by atoms with E-state index in [0.29, 0.717) is 16.8 Å². The predicted octanol–water partition coefficient (Wildman–Crippen LogP) is 3.06. The number of H-pyrrole nitrogens is 1. The van der Waals surface area contributed by atoms with Crippen LogP contribution in [0.5, 0.6) is 0 Å². The zero-order chi connectivity index (χ0) is 17.0. The van der Waals surface area contributed by atoms with Gasteiger partial charge in [-0.05, 0) is 30.9 Å². The van der Waals surface area contributed by atoms with Gasteiger partial charge in [0.25, 0.3) is 5.56 Å². The molecule has 0 amide bonds. The van der Waals surface area contributed by atoms with E-state index in [0.717, 1.165) is 12.8 Å². The SMILES string of the molecule is O=C(O)c1nn2cc(-c3ccc(Cl)c(F)c3)[nH]c(=O)c2c1C1CC1. The van der Waals surface area contributed by atoms with Crippen molar-refractivity contribution in [2.75, 3.05) is 0 Å². The maximum Gasteiger partial charge on any atom is 0.356 e. The van der Waals surface area contributed by atoms with E-state index in [2.05, 4.69) is 10.1 Å². The Morgan fingerprint density at radius 3 is 2.79 bits per heavy atom. The summed E-state index contributed by atoms with van der Waals surface area (Å²) in [4.78, 5) is 26.6. The summed E-state index contributed by atoms with van der Waals surface area (Å²) >= 11 is 5.67. The van der Waals surface area contributed by atoms with Crippen molar-refractivity contribution in [1.82, 2.24) is 14.6 Å². The molecule has 0 bridgehead atoms. The van der Waals surface area contributed by atoms with Crippen LogP contribution in [0.2, 0.25) is 5.02 Å². The third-order valence-electron chi connectivity index (χ3n) is 4.08. The molecule has 1 fully saturated rings. The number of halogens is 2. The van der Waals surface area contributed by atoms with Gasteiger partial charge in [0, 0.05) is 11.1 Å². The highest BCUT2D eigenvalue weighted by atomic mass is 35.5. The molecule has 1 saturated carbocycles. The number of aromatic amines is 1. The number of carbonyl (C=O) groups is 1. The maximum absolute atomic E-state index is 13.6. The molecule has 0 saturated heterocycles. The van der Waals surface area contributed by atoms with Crippen molar-refractivity contribution in [3.05, 3.63) is 56.8 Å². The van der Waals surface area contributed by atoms with Gasteiger partial charge in [0.05, 0.1) is 16.9 Å². The molecule has 6 nitrogen and oxygen atoms in total. The molecule has 0 unspecified atom stereocenters. The number of aromatic nitrogens is 3. The van der Waals surface area contributed by atoms with Crippen molar-refractivity contribution >= 4 is 23.1 Å². The Hall–Kier alpha value is -2.67. The van der Waals surface area contributed by atoms with Crippen LogP contribution < -0.4 is 5.56 Å². The predicted molar refractivity (Wildman–Crippen MR) is 85.2 cm³/mol. The molecule has 2 aromatic heterocycles. The Morgan fingerprint density at radius 2 is 2.17 bits per heavy atom. The smallest absolute Gasteiger partial charge is 0.356 e. The lowest BCUT2D eigenvalue weighted by Crippen LogP contribution is -2.12. The van der Waals surface area contributed by atoms with Crippen molar-refractivity contribution in [2.45, 2.75) is 18.8 Å². The summed E-state index contributed by atoms with van der Waals surface area (Å²) in [6.45, 7) is 0. The van der Waals surface area contributed by atoms with Crippen molar-refractivity contribution in [2.24, 2.45) is 0 Å². The number of hydrogen-bond acceptors (Lipinski definition) is 3. The number of nitrogens with zero attached hydrogens (tertiary/aromatic N) is 2. The Labute approximate surface area is 139 Å². The summed E-state index contributed by atoms with van der Waals surface area (Å²) in [5.41, 5.74) is 0.874. The Morgan fingerprint density at radius 1 is 1.42 bits per heavy atom. The van der Waals surface area contributed by atoms with Gasteiger partial charge in [-0.1, -0.05) is 17.7 Å². The van der Waals surface area contributed by atoms with E-state index in [9.17, 15) is 19.1 Å². The van der Waals surface area contributed by atoms with Crippen molar-refractivity contribution in [3.8, 4) is 11.3 Å². The van der Waals surface area contributed by atoms with E-state index in [1.165, 1.54) is 22.8 Å². The zero-order valence-electron chi connectivity index (χ0n) is 12.2. The fraction of sp³-hybridized carbons (Fsp3) is 0.188. The van der Waals surface area contributed by atoms with E-state index < -0.39 is 17.3 Å². The van der Waals surface area contributed by atoms with Gasteiger partial charge in [-0.2, -0.15) is 5.10 Å². The summed E-state index contributed by atoms with van der Waals surface area (Å²) < 4.78 is 14.9. The first-order valence-corrected chi connectivity index (χ1v) is 7.68. The van der Waals surface area contributed by atoms with Crippen molar-refractivity contribution in [3.63, 3.8) is 0 Å². The minimum Gasteiger partial charge on any atom is -0.476 e. The quantitative estimate of drug-likeness (QED) is 0.762. The highest BCUT2D eigenvalue weighted by Crippen LogP contribution is 2.43. The fourth-order valence-corrected chi connectivity index (χ4v) is 2.95. The van der Waals surface area contributed by atoms with Gasteiger partial charge in [0.1, 0.15) is 11.3 Å². The molecule has 1 aromatic carbocycles. The van der Waals surface area contributed by atoms with Crippen LogP contribution in [0.15, 0.2) is 29.2 Å². The van der Waals surface area contributed by atoms with Crippen molar-refractivity contribution < 1.29 is 14.3 Å². The van der Waals surface area contributed by atoms with Crippen LogP contribution in [0.1, 0.15) is 34.8 Å². The highest BCUT2D eigenvalue weighted by Gasteiger charge is 2.34. The van der Waals surface area contributed by atoms with Gasteiger partial charge in [-0.3, -0.25) is 4.79 Å². The monoisotopic (exact) mass is 347 g/mol. The van der Waals surface area contributed by atoms with Crippen LogP contribution in [0.4, 0.5) is 4.39 Å². The van der Waals surface area contributed by atoms with Crippen LogP contribution in [0, 0.1) is 5.82 Å². The number of aromatic carboxylic acids is 1. The molecule has 0 radical (unpaired) electrons. The zero-order valence-corrected chi connectivity index (χ0v) is 13.0. The maximum atomic E-state index is 13.6. The van der Waals surface area contributed by atoms with E-state index >= 15 is 0 Å². The van der Waals surface area contributed by atoms with Gasteiger partial charge in [0.15, 0.2) is 5.69 Å². The molecule has 122 valence electrons. The van der Waals surface area contributed by atoms with Gasteiger partial charge in [0.2, 0.25) is 0 Å². The average molecular weight is 348 g/mol.